The van der Waals surface area contributed by atoms with E-state index in [4.69, 9.17) is 5.73 Å². The topological polar surface area (TPSA) is 197 Å². The summed E-state index contributed by atoms with van der Waals surface area (Å²) in [5.41, 5.74) is 6.75. The molecule has 2 aromatic rings. The van der Waals surface area contributed by atoms with Crippen molar-refractivity contribution in [3.8, 4) is 0 Å². The van der Waals surface area contributed by atoms with Crippen molar-refractivity contribution in [2.75, 3.05) is 23.8 Å². The standard InChI is InChI=1S/C28H33N7O6/c1-35-20-12-16(2-3-17(20)4-5-21(35)36)14-30-22(37)18-13-19(33-26(32-18)34-25(29)41)23(38)31-15-27-6-9-28(10-7-27,11-8-27)24(39)40/h2-3,12-13H,4-11,14-15H2,1H3,(H,30,37)(H,31,38)(H,39,40)(H3,29,32,33,34,41). The van der Waals surface area contributed by atoms with E-state index in [0.29, 0.717) is 57.9 Å². The van der Waals surface area contributed by atoms with E-state index in [0.717, 1.165) is 16.8 Å². The van der Waals surface area contributed by atoms with Gasteiger partial charge >= 0.3 is 12.0 Å². The fourth-order valence-electron chi connectivity index (χ4n) is 6.11. The molecular weight excluding hydrogens is 530 g/mol. The lowest BCUT2D eigenvalue weighted by Gasteiger charge is -2.51. The van der Waals surface area contributed by atoms with Crippen molar-refractivity contribution in [1.29, 1.82) is 0 Å². The molecule has 0 unspecified atom stereocenters. The van der Waals surface area contributed by atoms with Gasteiger partial charge in [-0.25, -0.2) is 14.8 Å². The average Bonchev–Trinajstić information content (AvgIpc) is 2.97. The highest BCUT2D eigenvalue weighted by Crippen LogP contribution is 2.56. The number of aryl methyl sites for hydroxylation is 1. The van der Waals surface area contributed by atoms with Crippen molar-refractivity contribution in [2.24, 2.45) is 16.6 Å². The minimum atomic E-state index is -0.952. The van der Waals surface area contributed by atoms with E-state index < -0.39 is 29.2 Å². The molecule has 6 N–H and O–H groups in total. The second-order valence-electron chi connectivity index (χ2n) is 11.3. The quantitative estimate of drug-likeness (QED) is 0.321. The molecule has 2 heterocycles. The lowest BCUT2D eigenvalue weighted by Crippen LogP contribution is -2.50. The molecule has 0 saturated heterocycles. The van der Waals surface area contributed by atoms with Gasteiger partial charge in [-0.1, -0.05) is 12.1 Å². The molecule has 4 aliphatic rings. The summed E-state index contributed by atoms with van der Waals surface area (Å²) in [4.78, 5) is 71.1. The maximum Gasteiger partial charge on any atom is 0.319 e. The number of rotatable bonds is 8. The van der Waals surface area contributed by atoms with Crippen LogP contribution in [-0.4, -0.2) is 58.4 Å². The number of amides is 5. The van der Waals surface area contributed by atoms with Crippen LogP contribution >= 0.6 is 0 Å². The summed E-state index contributed by atoms with van der Waals surface area (Å²) in [5.74, 6) is -2.15. The number of nitrogens with two attached hydrogens (primary N) is 1. The second kappa shape index (κ2) is 10.8. The summed E-state index contributed by atoms with van der Waals surface area (Å²) in [6.07, 6.45) is 4.99. The van der Waals surface area contributed by atoms with Gasteiger partial charge in [-0.3, -0.25) is 24.5 Å². The van der Waals surface area contributed by atoms with Crippen LogP contribution in [0.1, 0.15) is 77.0 Å². The van der Waals surface area contributed by atoms with Crippen LogP contribution < -0.4 is 26.6 Å². The Bertz CT molecular complexity index is 1420. The molecule has 0 radical (unpaired) electrons. The summed E-state index contributed by atoms with van der Waals surface area (Å²) in [5, 5.41) is 17.5. The highest BCUT2D eigenvalue weighted by atomic mass is 16.4. The van der Waals surface area contributed by atoms with Gasteiger partial charge in [0, 0.05) is 38.3 Å². The number of nitrogens with one attached hydrogen (secondary N) is 3. The number of aliphatic carboxylic acids is 1. The first-order valence-electron chi connectivity index (χ1n) is 13.6. The number of hydrogen-bond donors (Lipinski definition) is 5. The monoisotopic (exact) mass is 563 g/mol. The lowest BCUT2D eigenvalue weighted by atomic mass is 9.53. The van der Waals surface area contributed by atoms with E-state index in [-0.39, 0.29) is 35.2 Å². The van der Waals surface area contributed by atoms with Gasteiger partial charge in [0.15, 0.2) is 0 Å². The third-order valence-corrected chi connectivity index (χ3v) is 8.85. The van der Waals surface area contributed by atoms with E-state index >= 15 is 0 Å². The third-order valence-electron chi connectivity index (χ3n) is 8.85. The van der Waals surface area contributed by atoms with Crippen molar-refractivity contribution >= 4 is 41.4 Å². The number of primary amides is 1. The summed E-state index contributed by atoms with van der Waals surface area (Å²) in [6, 6.07) is 5.94. The first kappa shape index (κ1) is 28.0. The molecule has 1 aromatic carbocycles. The molecule has 13 heteroatoms. The van der Waals surface area contributed by atoms with E-state index in [9.17, 15) is 29.1 Å². The Morgan fingerprint density at radius 1 is 0.951 bits per heavy atom. The molecule has 6 rings (SSSR count). The van der Waals surface area contributed by atoms with Gasteiger partial charge in [-0.2, -0.15) is 0 Å². The number of carboxylic acid groups (broad SMARTS) is 1. The van der Waals surface area contributed by atoms with Gasteiger partial charge in [-0.05, 0) is 67.6 Å². The molecule has 3 saturated carbocycles. The Morgan fingerprint density at radius 3 is 2.20 bits per heavy atom. The van der Waals surface area contributed by atoms with Gasteiger partial charge in [0.1, 0.15) is 11.4 Å². The number of anilines is 2. The smallest absolute Gasteiger partial charge is 0.319 e. The predicted molar refractivity (Wildman–Crippen MR) is 147 cm³/mol. The Labute approximate surface area is 236 Å². The van der Waals surface area contributed by atoms with E-state index in [2.05, 4.69) is 25.9 Å². The number of fused-ring (bicyclic) bond motifs is 4. The zero-order valence-electron chi connectivity index (χ0n) is 22.8. The summed E-state index contributed by atoms with van der Waals surface area (Å²) in [7, 11) is 1.72. The number of urea groups is 1. The summed E-state index contributed by atoms with van der Waals surface area (Å²) >= 11 is 0. The predicted octanol–water partition coefficient (Wildman–Crippen LogP) is 1.96. The minimum Gasteiger partial charge on any atom is -0.481 e. The number of carbonyl (C=O) groups is 5. The van der Waals surface area contributed by atoms with Gasteiger partial charge in [0.25, 0.3) is 11.8 Å². The number of aromatic nitrogens is 2. The Morgan fingerprint density at radius 2 is 1.59 bits per heavy atom. The molecule has 1 aromatic heterocycles. The van der Waals surface area contributed by atoms with Crippen molar-refractivity contribution in [1.82, 2.24) is 20.6 Å². The van der Waals surface area contributed by atoms with E-state index in [1.54, 1.807) is 11.9 Å². The fourth-order valence-corrected chi connectivity index (χ4v) is 6.11. The van der Waals surface area contributed by atoms with Crippen LogP contribution in [0, 0.1) is 10.8 Å². The largest absolute Gasteiger partial charge is 0.481 e. The first-order chi connectivity index (χ1) is 19.5. The van der Waals surface area contributed by atoms with Crippen molar-refractivity contribution in [3.05, 3.63) is 46.8 Å². The number of hydrogen-bond acceptors (Lipinski definition) is 7. The van der Waals surface area contributed by atoms with E-state index in [1.807, 2.05) is 18.2 Å². The van der Waals surface area contributed by atoms with Crippen LogP contribution in [-0.2, 0) is 22.6 Å². The van der Waals surface area contributed by atoms with Crippen molar-refractivity contribution in [3.63, 3.8) is 0 Å². The third kappa shape index (κ3) is 5.70. The van der Waals surface area contributed by atoms with Gasteiger partial charge in [0.05, 0.1) is 5.41 Å². The van der Waals surface area contributed by atoms with Gasteiger partial charge in [0.2, 0.25) is 11.9 Å². The molecule has 13 nitrogen and oxygen atoms in total. The molecule has 3 fully saturated rings. The summed E-state index contributed by atoms with van der Waals surface area (Å²) < 4.78 is 0. The first-order valence-corrected chi connectivity index (χ1v) is 13.6. The molecule has 1 aliphatic heterocycles. The molecule has 3 aliphatic carbocycles. The lowest BCUT2D eigenvalue weighted by molar-refractivity contribution is -0.158. The minimum absolute atomic E-state index is 0.0277. The summed E-state index contributed by atoms with van der Waals surface area (Å²) in [6.45, 7) is 0.486. The van der Waals surface area contributed by atoms with Gasteiger partial charge < -0.3 is 26.4 Å². The molecule has 0 atom stereocenters. The Hall–Kier alpha value is -4.55. The van der Waals surface area contributed by atoms with Crippen LogP contribution in [0.5, 0.6) is 0 Å². The normalized spacial score (nSPS) is 23.0. The maximum absolute atomic E-state index is 13.1. The van der Waals surface area contributed by atoms with Crippen LogP contribution in [0.2, 0.25) is 0 Å². The Balaban J connectivity index is 1.27. The van der Waals surface area contributed by atoms with Gasteiger partial charge in [-0.15, -0.1) is 0 Å². The van der Waals surface area contributed by atoms with Crippen LogP contribution in [0.3, 0.4) is 0 Å². The number of nitrogens with zero attached hydrogens (tertiary/aromatic N) is 3. The molecule has 5 amide bonds. The molecule has 41 heavy (non-hydrogen) atoms. The van der Waals surface area contributed by atoms with Crippen LogP contribution in [0.4, 0.5) is 16.4 Å². The molecule has 0 spiro atoms. The van der Waals surface area contributed by atoms with E-state index in [1.165, 1.54) is 6.07 Å². The number of carbonyl (C=O) groups excluding carboxylic acids is 4. The zero-order valence-corrected chi connectivity index (χ0v) is 22.8. The zero-order chi connectivity index (χ0) is 29.4. The highest BCUT2D eigenvalue weighted by Gasteiger charge is 2.52. The highest BCUT2D eigenvalue weighted by molar-refractivity contribution is 5.99. The SMILES string of the molecule is CN1C(=O)CCc2ccc(CNC(=O)c3cc(C(=O)NCC45CCC(C(=O)O)(CC4)CC5)nc(NC(N)=O)n3)cc21. The van der Waals surface area contributed by atoms with Crippen LogP contribution in [0.25, 0.3) is 0 Å². The molecule has 216 valence electrons. The van der Waals surface area contributed by atoms with Crippen LogP contribution in [0.15, 0.2) is 24.3 Å². The Kier molecular flexibility index (Phi) is 7.37. The average molecular weight is 564 g/mol. The van der Waals surface area contributed by atoms with Crippen molar-refractivity contribution in [2.45, 2.75) is 57.9 Å². The second-order valence-corrected chi connectivity index (χ2v) is 11.3. The number of benzene rings is 1. The van der Waals surface area contributed by atoms with Crippen molar-refractivity contribution < 1.29 is 29.1 Å². The fraction of sp³-hybridized carbons (Fsp3) is 0.464. The molecule has 2 bridgehead atoms. The number of carboxylic acids is 1. The molecular formula is C28H33N7O6. The maximum atomic E-state index is 13.1.